The number of nitrogens with zero attached hydrogens (tertiary/aromatic N) is 2. The minimum atomic E-state index is 0.193. The maximum Gasteiger partial charge on any atom is 0.148 e. The minimum Gasteiger partial charge on any atom is -0.497 e. The van der Waals surface area contributed by atoms with E-state index >= 15 is 0 Å². The molecule has 1 atom stereocenters. The van der Waals surface area contributed by atoms with Crippen LogP contribution in [0.3, 0.4) is 0 Å². The van der Waals surface area contributed by atoms with E-state index in [4.69, 9.17) is 14.7 Å². The van der Waals surface area contributed by atoms with Crippen molar-refractivity contribution in [2.75, 3.05) is 12.4 Å². The van der Waals surface area contributed by atoms with Crippen LogP contribution >= 0.6 is 0 Å². The number of hydrogen-bond acceptors (Lipinski definition) is 4. The molecule has 0 radical (unpaired) electrons. The number of aromatic nitrogens is 2. The van der Waals surface area contributed by atoms with Crippen LogP contribution in [0, 0.1) is 0 Å². The summed E-state index contributed by atoms with van der Waals surface area (Å²) in [6.45, 7) is 2.17. The zero-order valence-electron chi connectivity index (χ0n) is 18.0. The largest absolute Gasteiger partial charge is 0.497 e. The number of ether oxygens (including phenoxy) is 1. The Morgan fingerprint density at radius 3 is 2.32 bits per heavy atom. The number of benzene rings is 3. The van der Waals surface area contributed by atoms with Gasteiger partial charge in [0.1, 0.15) is 11.6 Å². The molecule has 1 N–H and O–H groups in total. The molecular formula is C27H27N3O. The van der Waals surface area contributed by atoms with Gasteiger partial charge in [-0.1, -0.05) is 72.8 Å². The van der Waals surface area contributed by atoms with Gasteiger partial charge in [0.2, 0.25) is 0 Å². The first-order chi connectivity index (χ1) is 15.2. The summed E-state index contributed by atoms with van der Waals surface area (Å²) in [5, 5.41) is 3.58. The number of nitrogens with one attached hydrogen (secondary N) is 1. The highest BCUT2D eigenvalue weighted by Crippen LogP contribution is 2.23. The maximum absolute atomic E-state index is 5.35. The van der Waals surface area contributed by atoms with Crippen LogP contribution in [0.2, 0.25) is 0 Å². The third-order valence-electron chi connectivity index (χ3n) is 5.19. The van der Waals surface area contributed by atoms with Gasteiger partial charge in [-0.05, 0) is 36.6 Å². The summed E-state index contributed by atoms with van der Waals surface area (Å²) in [7, 11) is 1.69. The number of anilines is 1. The molecule has 0 amide bonds. The van der Waals surface area contributed by atoms with E-state index < -0.39 is 0 Å². The SMILES string of the molecule is COc1cccc(CC(C)Nc2ncc(-c3ccccc3)nc2Cc2ccccc2)c1. The topological polar surface area (TPSA) is 47.0 Å². The van der Waals surface area contributed by atoms with Crippen LogP contribution in [0.25, 0.3) is 11.3 Å². The van der Waals surface area contributed by atoms with E-state index in [0.29, 0.717) is 0 Å². The molecule has 4 heteroatoms. The predicted octanol–water partition coefficient (Wildman–Crippen LogP) is 5.79. The first-order valence-corrected chi connectivity index (χ1v) is 10.6. The van der Waals surface area contributed by atoms with E-state index in [-0.39, 0.29) is 6.04 Å². The van der Waals surface area contributed by atoms with Crippen molar-refractivity contribution in [2.45, 2.75) is 25.8 Å². The summed E-state index contributed by atoms with van der Waals surface area (Å²) in [6, 6.07) is 29.0. The summed E-state index contributed by atoms with van der Waals surface area (Å²) in [6.07, 6.45) is 3.44. The summed E-state index contributed by atoms with van der Waals surface area (Å²) in [5.41, 5.74) is 5.34. The molecule has 0 bridgehead atoms. The molecule has 0 aliphatic rings. The summed E-state index contributed by atoms with van der Waals surface area (Å²) >= 11 is 0. The Kier molecular flexibility index (Phi) is 6.58. The van der Waals surface area contributed by atoms with Crippen molar-refractivity contribution < 1.29 is 4.74 Å². The smallest absolute Gasteiger partial charge is 0.148 e. The minimum absolute atomic E-state index is 0.193. The van der Waals surface area contributed by atoms with Crippen molar-refractivity contribution in [3.8, 4) is 17.0 Å². The van der Waals surface area contributed by atoms with E-state index in [1.807, 2.05) is 42.6 Å². The van der Waals surface area contributed by atoms with Gasteiger partial charge in [0.15, 0.2) is 0 Å². The molecule has 1 aromatic heterocycles. The fourth-order valence-electron chi connectivity index (χ4n) is 3.65. The van der Waals surface area contributed by atoms with Crippen LogP contribution in [0.5, 0.6) is 5.75 Å². The Morgan fingerprint density at radius 2 is 1.58 bits per heavy atom. The monoisotopic (exact) mass is 409 g/mol. The van der Waals surface area contributed by atoms with Crippen molar-refractivity contribution in [3.05, 3.63) is 108 Å². The molecule has 4 aromatic rings. The number of rotatable bonds is 8. The Labute approximate surface area is 184 Å². The van der Waals surface area contributed by atoms with Gasteiger partial charge in [0, 0.05) is 18.0 Å². The van der Waals surface area contributed by atoms with Crippen LogP contribution in [0.15, 0.2) is 91.1 Å². The van der Waals surface area contributed by atoms with E-state index in [1.165, 1.54) is 11.1 Å². The van der Waals surface area contributed by atoms with Gasteiger partial charge >= 0.3 is 0 Å². The molecular weight excluding hydrogens is 382 g/mol. The molecule has 4 rings (SSSR count). The molecule has 4 nitrogen and oxygen atoms in total. The average Bonchev–Trinajstić information content (AvgIpc) is 2.81. The number of methoxy groups -OCH3 is 1. The third-order valence-corrected chi connectivity index (χ3v) is 5.19. The molecule has 0 spiro atoms. The Morgan fingerprint density at radius 1 is 0.871 bits per heavy atom. The van der Waals surface area contributed by atoms with Crippen molar-refractivity contribution in [1.29, 1.82) is 0 Å². The first-order valence-electron chi connectivity index (χ1n) is 10.6. The zero-order valence-corrected chi connectivity index (χ0v) is 18.0. The quantitative estimate of drug-likeness (QED) is 0.400. The van der Waals surface area contributed by atoms with Gasteiger partial charge in [0.25, 0.3) is 0 Å². The summed E-state index contributed by atoms with van der Waals surface area (Å²) in [5.74, 6) is 1.71. The van der Waals surface area contributed by atoms with Gasteiger partial charge < -0.3 is 10.1 Å². The average molecular weight is 410 g/mol. The van der Waals surface area contributed by atoms with Crippen molar-refractivity contribution in [2.24, 2.45) is 0 Å². The van der Waals surface area contributed by atoms with Crippen molar-refractivity contribution >= 4 is 5.82 Å². The highest BCUT2D eigenvalue weighted by Gasteiger charge is 2.13. The van der Waals surface area contributed by atoms with Crippen molar-refractivity contribution in [1.82, 2.24) is 9.97 Å². The molecule has 156 valence electrons. The van der Waals surface area contributed by atoms with Gasteiger partial charge in [-0.25, -0.2) is 9.97 Å². The summed E-state index contributed by atoms with van der Waals surface area (Å²) in [4.78, 5) is 9.75. The van der Waals surface area contributed by atoms with Crippen LogP contribution in [0.4, 0.5) is 5.82 Å². The number of hydrogen-bond donors (Lipinski definition) is 1. The molecule has 1 unspecified atom stereocenters. The van der Waals surface area contributed by atoms with E-state index in [9.17, 15) is 0 Å². The fourth-order valence-corrected chi connectivity index (χ4v) is 3.65. The van der Waals surface area contributed by atoms with Gasteiger partial charge in [0.05, 0.1) is 24.7 Å². The Bertz CT molecular complexity index is 1110. The van der Waals surface area contributed by atoms with Crippen LogP contribution < -0.4 is 10.1 Å². The normalized spacial score (nSPS) is 11.7. The molecule has 0 saturated carbocycles. The molecule has 0 saturated heterocycles. The summed E-state index contributed by atoms with van der Waals surface area (Å²) < 4.78 is 5.35. The lowest BCUT2D eigenvalue weighted by molar-refractivity contribution is 0.414. The van der Waals surface area contributed by atoms with E-state index in [0.717, 1.165) is 41.4 Å². The van der Waals surface area contributed by atoms with Crippen LogP contribution in [-0.4, -0.2) is 23.1 Å². The van der Waals surface area contributed by atoms with Gasteiger partial charge in [-0.15, -0.1) is 0 Å². The Hall–Kier alpha value is -3.66. The molecule has 0 aliphatic heterocycles. The fraction of sp³-hybridized carbons (Fsp3) is 0.185. The molecule has 0 fully saturated rings. The lowest BCUT2D eigenvalue weighted by Crippen LogP contribution is -2.20. The molecule has 3 aromatic carbocycles. The predicted molar refractivity (Wildman–Crippen MR) is 126 cm³/mol. The van der Waals surface area contributed by atoms with Gasteiger partial charge in [-0.3, -0.25) is 0 Å². The van der Waals surface area contributed by atoms with Crippen molar-refractivity contribution in [3.63, 3.8) is 0 Å². The zero-order chi connectivity index (χ0) is 21.5. The van der Waals surface area contributed by atoms with E-state index in [2.05, 4.69) is 60.8 Å². The van der Waals surface area contributed by atoms with Crippen LogP contribution in [0.1, 0.15) is 23.7 Å². The molecule has 1 heterocycles. The first kappa shape index (κ1) is 20.6. The van der Waals surface area contributed by atoms with Gasteiger partial charge in [-0.2, -0.15) is 0 Å². The second-order valence-corrected chi connectivity index (χ2v) is 7.68. The van der Waals surface area contributed by atoms with Crippen LogP contribution in [-0.2, 0) is 12.8 Å². The van der Waals surface area contributed by atoms with E-state index in [1.54, 1.807) is 7.11 Å². The standard InChI is InChI=1S/C27H27N3O/c1-20(16-22-12-9-15-24(17-22)31-2)29-27-25(18-21-10-5-3-6-11-21)30-26(19-28-27)23-13-7-4-8-14-23/h3-15,17,19-20H,16,18H2,1-2H3,(H,28,29). The second kappa shape index (κ2) is 9.90. The maximum atomic E-state index is 5.35. The Balaban J connectivity index is 1.59. The molecule has 0 aliphatic carbocycles. The lowest BCUT2D eigenvalue weighted by atomic mass is 10.1. The molecule has 31 heavy (non-hydrogen) atoms. The second-order valence-electron chi connectivity index (χ2n) is 7.68. The lowest BCUT2D eigenvalue weighted by Gasteiger charge is -2.18. The third kappa shape index (κ3) is 5.48. The highest BCUT2D eigenvalue weighted by molar-refractivity contribution is 5.60. The highest BCUT2D eigenvalue weighted by atomic mass is 16.5.